The highest BCUT2D eigenvalue weighted by atomic mass is 16.3. The maximum Gasteiger partial charge on any atom is 0.0824 e. The van der Waals surface area contributed by atoms with Crippen molar-refractivity contribution in [1.82, 2.24) is 10.2 Å². The predicted molar refractivity (Wildman–Crippen MR) is 67.6 cm³/mol. The molecule has 0 unspecified atom stereocenters. The number of hydrogen-bond acceptors (Lipinski definition) is 3. The number of aliphatic hydroxyl groups is 1. The fourth-order valence-electron chi connectivity index (χ4n) is 3.10. The molecule has 17 heavy (non-hydrogen) atoms. The molecule has 0 amide bonds. The minimum Gasteiger partial charge on any atom is -0.390 e. The van der Waals surface area contributed by atoms with E-state index in [4.69, 9.17) is 0 Å². The summed E-state index contributed by atoms with van der Waals surface area (Å²) in [4.78, 5) is 2.39. The number of rotatable bonds is 0. The molecule has 2 aliphatic heterocycles. The molecule has 0 bridgehead atoms. The lowest BCUT2D eigenvalue weighted by Gasteiger charge is -2.52. The van der Waals surface area contributed by atoms with Crippen LogP contribution in [0.15, 0.2) is 24.3 Å². The average Bonchev–Trinajstić information content (AvgIpc) is 2.33. The minimum atomic E-state index is -0.267. The second-order valence-electron chi connectivity index (χ2n) is 5.68. The number of fused-ring (bicyclic) bond motifs is 2. The molecule has 3 nitrogen and oxygen atoms in total. The molecule has 3 heteroatoms. The van der Waals surface area contributed by atoms with Crippen LogP contribution in [0.25, 0.3) is 0 Å². The van der Waals surface area contributed by atoms with Gasteiger partial charge in [0.25, 0.3) is 0 Å². The topological polar surface area (TPSA) is 35.5 Å². The van der Waals surface area contributed by atoms with Crippen molar-refractivity contribution in [3.05, 3.63) is 35.4 Å². The number of aliphatic hydroxyl groups excluding tert-OH is 1. The third-order valence-corrected chi connectivity index (χ3v) is 4.19. The van der Waals surface area contributed by atoms with Crippen molar-refractivity contribution in [3.63, 3.8) is 0 Å². The van der Waals surface area contributed by atoms with Gasteiger partial charge in [-0.2, -0.15) is 0 Å². The fourth-order valence-corrected chi connectivity index (χ4v) is 3.10. The van der Waals surface area contributed by atoms with Crippen molar-refractivity contribution in [2.75, 3.05) is 6.54 Å². The Hall–Kier alpha value is -0.900. The first-order chi connectivity index (χ1) is 8.08. The van der Waals surface area contributed by atoms with Gasteiger partial charge in [-0.25, -0.2) is 0 Å². The van der Waals surface area contributed by atoms with E-state index in [0.29, 0.717) is 6.54 Å². The van der Waals surface area contributed by atoms with Crippen LogP contribution in [0.5, 0.6) is 0 Å². The summed E-state index contributed by atoms with van der Waals surface area (Å²) in [6.07, 6.45) is 0.694. The van der Waals surface area contributed by atoms with E-state index in [1.165, 1.54) is 11.1 Å². The molecule has 1 saturated heterocycles. The summed E-state index contributed by atoms with van der Waals surface area (Å²) in [6, 6.07) is 8.82. The molecule has 3 rings (SSSR count). The van der Waals surface area contributed by atoms with Crippen LogP contribution in [-0.4, -0.2) is 34.4 Å². The molecule has 0 spiro atoms. The zero-order valence-electron chi connectivity index (χ0n) is 10.5. The second-order valence-corrected chi connectivity index (χ2v) is 5.68. The van der Waals surface area contributed by atoms with E-state index in [1.807, 2.05) is 0 Å². The van der Waals surface area contributed by atoms with Crippen molar-refractivity contribution in [2.45, 2.75) is 44.6 Å². The number of β-amino-alcohol motifs (C(OH)–C–C–N with tert-alkyl or cyclic N) is 1. The molecule has 1 fully saturated rings. The lowest BCUT2D eigenvalue weighted by atomic mass is 9.86. The average molecular weight is 232 g/mol. The van der Waals surface area contributed by atoms with E-state index in [9.17, 15) is 5.11 Å². The Morgan fingerprint density at radius 3 is 2.76 bits per heavy atom. The van der Waals surface area contributed by atoms with Crippen LogP contribution < -0.4 is 5.32 Å². The largest absolute Gasteiger partial charge is 0.390 e. The van der Waals surface area contributed by atoms with Crippen molar-refractivity contribution in [1.29, 1.82) is 0 Å². The van der Waals surface area contributed by atoms with Crippen LogP contribution in [0.3, 0.4) is 0 Å². The lowest BCUT2D eigenvalue weighted by Crippen LogP contribution is -2.69. The first-order valence-electron chi connectivity index (χ1n) is 6.34. The Labute approximate surface area is 102 Å². The molecule has 1 aromatic carbocycles. The minimum absolute atomic E-state index is 0.0303. The zero-order valence-corrected chi connectivity index (χ0v) is 10.5. The van der Waals surface area contributed by atoms with Crippen LogP contribution in [0.4, 0.5) is 0 Å². The van der Waals surface area contributed by atoms with Crippen molar-refractivity contribution >= 4 is 0 Å². The van der Waals surface area contributed by atoms with Crippen LogP contribution in [0.2, 0.25) is 0 Å². The molecular formula is C14H20N2O. The van der Waals surface area contributed by atoms with Crippen molar-refractivity contribution in [2.24, 2.45) is 0 Å². The van der Waals surface area contributed by atoms with Crippen LogP contribution >= 0.6 is 0 Å². The van der Waals surface area contributed by atoms with E-state index >= 15 is 0 Å². The number of nitrogens with zero attached hydrogens (tertiary/aromatic N) is 1. The van der Waals surface area contributed by atoms with Crippen LogP contribution in [-0.2, 0) is 13.0 Å². The predicted octanol–water partition coefficient (Wildman–Crippen LogP) is 1.11. The first-order valence-corrected chi connectivity index (χ1v) is 6.34. The quantitative estimate of drug-likeness (QED) is 0.703. The summed E-state index contributed by atoms with van der Waals surface area (Å²) in [6.45, 7) is 6.01. The molecule has 2 aliphatic rings. The highest BCUT2D eigenvalue weighted by Crippen LogP contribution is 2.32. The summed E-state index contributed by atoms with van der Waals surface area (Å²) >= 11 is 0. The van der Waals surface area contributed by atoms with Crippen molar-refractivity contribution < 1.29 is 5.11 Å². The molecule has 0 radical (unpaired) electrons. The Morgan fingerprint density at radius 1 is 1.29 bits per heavy atom. The van der Waals surface area contributed by atoms with Gasteiger partial charge in [0.05, 0.1) is 11.8 Å². The zero-order chi connectivity index (χ0) is 12.0. The van der Waals surface area contributed by atoms with Gasteiger partial charge in [0.15, 0.2) is 0 Å². The van der Waals surface area contributed by atoms with Crippen LogP contribution in [0, 0.1) is 0 Å². The van der Waals surface area contributed by atoms with E-state index in [-0.39, 0.29) is 17.8 Å². The molecule has 2 atom stereocenters. The maximum absolute atomic E-state index is 10.2. The molecule has 0 aromatic heterocycles. The van der Waals surface area contributed by atoms with Gasteiger partial charge in [0.2, 0.25) is 0 Å². The Bertz CT molecular complexity index is 430. The van der Waals surface area contributed by atoms with Gasteiger partial charge in [0.1, 0.15) is 0 Å². The Kier molecular flexibility index (Phi) is 2.51. The molecule has 1 aromatic rings. The summed E-state index contributed by atoms with van der Waals surface area (Å²) in [7, 11) is 0. The highest BCUT2D eigenvalue weighted by Gasteiger charge is 2.43. The Balaban J connectivity index is 1.98. The summed E-state index contributed by atoms with van der Waals surface area (Å²) in [5.74, 6) is 0. The monoisotopic (exact) mass is 232 g/mol. The van der Waals surface area contributed by atoms with E-state index in [2.05, 4.69) is 48.3 Å². The fraction of sp³-hybridized carbons (Fsp3) is 0.571. The van der Waals surface area contributed by atoms with Gasteiger partial charge < -0.3 is 5.11 Å². The standard InChI is InChI=1S/C14H20N2O/c1-14(2)15-8-13(17)12-7-10-5-3-4-6-11(10)9-16(12)14/h3-6,12-13,15,17H,7-9H2,1-2H3/t12-,13-/m0/s1. The number of nitrogens with one attached hydrogen (secondary N) is 1. The van der Waals surface area contributed by atoms with Gasteiger partial charge in [-0.1, -0.05) is 24.3 Å². The molecule has 2 heterocycles. The van der Waals surface area contributed by atoms with E-state index in [0.717, 1.165) is 13.0 Å². The van der Waals surface area contributed by atoms with Gasteiger partial charge in [-0.3, -0.25) is 10.2 Å². The van der Waals surface area contributed by atoms with Gasteiger partial charge >= 0.3 is 0 Å². The molecular weight excluding hydrogens is 212 g/mol. The summed E-state index contributed by atoms with van der Waals surface area (Å²) < 4.78 is 0. The smallest absolute Gasteiger partial charge is 0.0824 e. The molecule has 2 N–H and O–H groups in total. The van der Waals surface area contributed by atoms with Gasteiger partial charge in [-0.05, 0) is 31.4 Å². The number of benzene rings is 1. The van der Waals surface area contributed by atoms with Crippen molar-refractivity contribution in [3.8, 4) is 0 Å². The summed E-state index contributed by atoms with van der Waals surface area (Å²) in [5.41, 5.74) is 2.76. The highest BCUT2D eigenvalue weighted by molar-refractivity contribution is 5.31. The van der Waals surface area contributed by atoms with Gasteiger partial charge in [-0.15, -0.1) is 0 Å². The molecule has 92 valence electrons. The first kappa shape index (κ1) is 11.2. The van der Waals surface area contributed by atoms with E-state index in [1.54, 1.807) is 0 Å². The molecule has 0 aliphatic carbocycles. The number of hydrogen-bond donors (Lipinski definition) is 2. The Morgan fingerprint density at radius 2 is 2.00 bits per heavy atom. The normalized spacial score (nSPS) is 31.7. The lowest BCUT2D eigenvalue weighted by molar-refractivity contribution is -0.0749. The van der Waals surface area contributed by atoms with Crippen LogP contribution in [0.1, 0.15) is 25.0 Å². The van der Waals surface area contributed by atoms with Gasteiger partial charge in [0, 0.05) is 19.1 Å². The third-order valence-electron chi connectivity index (χ3n) is 4.19. The summed E-state index contributed by atoms with van der Waals surface area (Å²) in [5, 5.41) is 13.6. The second kappa shape index (κ2) is 3.80. The molecule has 0 saturated carbocycles. The van der Waals surface area contributed by atoms with E-state index < -0.39 is 0 Å². The third kappa shape index (κ3) is 1.79. The SMILES string of the molecule is CC1(C)NC[C@H](O)[C@@H]2Cc3ccccc3CN21. The maximum atomic E-state index is 10.2.